The van der Waals surface area contributed by atoms with Crippen molar-refractivity contribution in [3.63, 3.8) is 0 Å². The zero-order valence-electron chi connectivity index (χ0n) is 13.2. The highest BCUT2D eigenvalue weighted by Gasteiger charge is 2.08. The number of thiophene rings is 1. The number of nitrogens with zero attached hydrogens (tertiary/aromatic N) is 2. The maximum Gasteiger partial charge on any atom is 0.230 e. The highest BCUT2D eigenvalue weighted by Crippen LogP contribution is 2.27. The number of thioether (sulfide) groups is 1. The minimum Gasteiger partial charge on any atom is -0.497 e. The quantitative estimate of drug-likeness (QED) is 0.519. The van der Waals surface area contributed by atoms with E-state index in [9.17, 15) is 4.79 Å². The molecular formula is C17H17N3O2S2. The summed E-state index contributed by atoms with van der Waals surface area (Å²) in [6, 6.07) is 9.86. The largest absolute Gasteiger partial charge is 0.497 e. The first-order valence-corrected chi connectivity index (χ1v) is 9.33. The van der Waals surface area contributed by atoms with Crippen molar-refractivity contribution in [1.29, 1.82) is 0 Å². The molecule has 0 aliphatic rings. The third-order valence-corrected chi connectivity index (χ3v) is 5.29. The lowest BCUT2D eigenvalue weighted by atomic mass is 10.1. The summed E-state index contributed by atoms with van der Waals surface area (Å²) >= 11 is 3.02. The normalized spacial score (nSPS) is 10.7. The number of rotatable bonds is 7. The van der Waals surface area contributed by atoms with Crippen molar-refractivity contribution in [3.05, 3.63) is 47.6 Å². The van der Waals surface area contributed by atoms with Crippen LogP contribution in [0.5, 0.6) is 5.75 Å². The number of methoxy groups -OCH3 is 1. The van der Waals surface area contributed by atoms with Gasteiger partial charge < -0.3 is 10.1 Å². The smallest absolute Gasteiger partial charge is 0.230 e. The van der Waals surface area contributed by atoms with Crippen LogP contribution >= 0.6 is 23.1 Å². The number of ether oxygens (including phenoxy) is 1. The van der Waals surface area contributed by atoms with Crippen molar-refractivity contribution >= 4 is 39.2 Å². The lowest BCUT2D eigenvalue weighted by Crippen LogP contribution is -2.27. The van der Waals surface area contributed by atoms with Gasteiger partial charge in [-0.2, -0.15) is 0 Å². The van der Waals surface area contributed by atoms with Crippen LogP contribution in [0.2, 0.25) is 0 Å². The number of aromatic nitrogens is 2. The highest BCUT2D eigenvalue weighted by molar-refractivity contribution is 8.00. The van der Waals surface area contributed by atoms with E-state index in [-0.39, 0.29) is 5.91 Å². The molecule has 0 spiro atoms. The summed E-state index contributed by atoms with van der Waals surface area (Å²) in [5, 5.41) is 6.79. The van der Waals surface area contributed by atoms with Crippen molar-refractivity contribution in [2.45, 2.75) is 11.4 Å². The van der Waals surface area contributed by atoms with Gasteiger partial charge in [0.15, 0.2) is 0 Å². The van der Waals surface area contributed by atoms with Gasteiger partial charge in [-0.3, -0.25) is 4.79 Å². The molecule has 7 heteroatoms. The zero-order chi connectivity index (χ0) is 16.8. The SMILES string of the molecule is COc1ccc(CCNC(=O)CSc2ncnc3sccc23)cc1. The third kappa shape index (κ3) is 4.24. The number of carbonyl (C=O) groups excluding carboxylic acids is 1. The molecule has 0 bridgehead atoms. The average Bonchev–Trinajstić information content (AvgIpc) is 3.10. The van der Waals surface area contributed by atoms with Crippen LogP contribution in [0.25, 0.3) is 10.2 Å². The molecule has 0 aliphatic heterocycles. The van der Waals surface area contributed by atoms with Gasteiger partial charge in [0, 0.05) is 11.9 Å². The molecule has 2 heterocycles. The fourth-order valence-corrected chi connectivity index (χ4v) is 3.81. The Labute approximate surface area is 148 Å². The molecule has 5 nitrogen and oxygen atoms in total. The Kier molecular flexibility index (Phi) is 5.66. The topological polar surface area (TPSA) is 64.1 Å². The molecule has 0 radical (unpaired) electrons. The van der Waals surface area contributed by atoms with Gasteiger partial charge in [0.2, 0.25) is 5.91 Å². The van der Waals surface area contributed by atoms with Gasteiger partial charge >= 0.3 is 0 Å². The van der Waals surface area contributed by atoms with Gasteiger partial charge in [0.25, 0.3) is 0 Å². The summed E-state index contributed by atoms with van der Waals surface area (Å²) in [6.07, 6.45) is 2.34. The number of carbonyl (C=O) groups is 1. The fourth-order valence-electron chi connectivity index (χ4n) is 2.21. The standard InChI is InChI=1S/C17H17N3O2S2/c1-22-13-4-2-12(3-5-13)6-8-18-15(21)10-24-17-14-7-9-23-16(14)19-11-20-17/h2-5,7,9,11H,6,8,10H2,1H3,(H,18,21). The minimum atomic E-state index is 0.00973. The van der Waals surface area contributed by atoms with E-state index in [1.807, 2.05) is 35.7 Å². The van der Waals surface area contributed by atoms with Crippen LogP contribution in [0.15, 0.2) is 47.1 Å². The second-order valence-electron chi connectivity index (χ2n) is 5.05. The molecule has 0 saturated carbocycles. The lowest BCUT2D eigenvalue weighted by Gasteiger charge is -2.06. The maximum absolute atomic E-state index is 12.0. The zero-order valence-corrected chi connectivity index (χ0v) is 14.8. The van der Waals surface area contributed by atoms with E-state index in [4.69, 9.17) is 4.74 Å². The summed E-state index contributed by atoms with van der Waals surface area (Å²) in [5.41, 5.74) is 1.17. The Morgan fingerprint density at radius 1 is 1.25 bits per heavy atom. The summed E-state index contributed by atoms with van der Waals surface area (Å²) in [7, 11) is 1.65. The molecule has 0 unspecified atom stereocenters. The van der Waals surface area contributed by atoms with Crippen LogP contribution < -0.4 is 10.1 Å². The molecule has 24 heavy (non-hydrogen) atoms. The van der Waals surface area contributed by atoms with Gasteiger partial charge in [-0.1, -0.05) is 23.9 Å². The average molecular weight is 359 g/mol. The highest BCUT2D eigenvalue weighted by atomic mass is 32.2. The second-order valence-corrected chi connectivity index (χ2v) is 6.91. The van der Waals surface area contributed by atoms with Gasteiger partial charge in [0.1, 0.15) is 21.9 Å². The van der Waals surface area contributed by atoms with E-state index in [0.717, 1.165) is 27.4 Å². The fraction of sp³-hybridized carbons (Fsp3) is 0.235. The van der Waals surface area contributed by atoms with Gasteiger partial charge in [-0.05, 0) is 35.6 Å². The number of fused-ring (bicyclic) bond motifs is 1. The second kappa shape index (κ2) is 8.12. The molecule has 2 aromatic heterocycles. The van der Waals surface area contributed by atoms with Crippen molar-refractivity contribution in [2.75, 3.05) is 19.4 Å². The van der Waals surface area contributed by atoms with Crippen LogP contribution in [-0.4, -0.2) is 35.3 Å². The van der Waals surface area contributed by atoms with Crippen LogP contribution in [-0.2, 0) is 11.2 Å². The van der Waals surface area contributed by atoms with Crippen LogP contribution in [0.1, 0.15) is 5.56 Å². The van der Waals surface area contributed by atoms with Crippen LogP contribution in [0.4, 0.5) is 0 Å². The van der Waals surface area contributed by atoms with E-state index in [1.54, 1.807) is 24.8 Å². The predicted molar refractivity (Wildman–Crippen MR) is 97.8 cm³/mol. The van der Waals surface area contributed by atoms with Crippen LogP contribution in [0.3, 0.4) is 0 Å². The van der Waals surface area contributed by atoms with Crippen molar-refractivity contribution in [1.82, 2.24) is 15.3 Å². The van der Waals surface area contributed by atoms with E-state index in [2.05, 4.69) is 15.3 Å². The minimum absolute atomic E-state index is 0.00973. The first-order chi connectivity index (χ1) is 11.8. The Balaban J connectivity index is 1.45. The van der Waals surface area contributed by atoms with Crippen LogP contribution in [0, 0.1) is 0 Å². The Morgan fingerprint density at radius 3 is 2.88 bits per heavy atom. The number of hydrogen-bond acceptors (Lipinski definition) is 6. The molecule has 0 atom stereocenters. The molecule has 1 N–H and O–H groups in total. The molecule has 3 aromatic rings. The summed E-state index contributed by atoms with van der Waals surface area (Å²) in [4.78, 5) is 21.4. The third-order valence-electron chi connectivity index (χ3n) is 3.46. The molecule has 0 saturated heterocycles. The summed E-state index contributed by atoms with van der Waals surface area (Å²) < 4.78 is 5.13. The Morgan fingerprint density at radius 2 is 2.08 bits per heavy atom. The summed E-state index contributed by atoms with van der Waals surface area (Å²) in [5.74, 6) is 1.20. The summed E-state index contributed by atoms with van der Waals surface area (Å²) in [6.45, 7) is 0.614. The van der Waals surface area contributed by atoms with Gasteiger partial charge in [-0.25, -0.2) is 9.97 Å². The lowest BCUT2D eigenvalue weighted by molar-refractivity contribution is -0.118. The molecule has 1 aromatic carbocycles. The van der Waals surface area contributed by atoms with E-state index >= 15 is 0 Å². The van der Waals surface area contributed by atoms with Gasteiger partial charge in [-0.15, -0.1) is 11.3 Å². The predicted octanol–water partition coefficient (Wildman–Crippen LogP) is 3.15. The molecule has 1 amide bonds. The Hall–Kier alpha value is -2.12. The van der Waals surface area contributed by atoms with Crippen molar-refractivity contribution in [3.8, 4) is 5.75 Å². The number of amides is 1. The van der Waals surface area contributed by atoms with E-state index in [0.29, 0.717) is 12.3 Å². The molecule has 124 valence electrons. The van der Waals surface area contributed by atoms with Crippen molar-refractivity contribution in [2.24, 2.45) is 0 Å². The maximum atomic E-state index is 12.0. The van der Waals surface area contributed by atoms with Crippen molar-refractivity contribution < 1.29 is 9.53 Å². The van der Waals surface area contributed by atoms with Gasteiger partial charge in [0.05, 0.1) is 12.9 Å². The number of hydrogen-bond donors (Lipinski definition) is 1. The monoisotopic (exact) mass is 359 g/mol. The number of nitrogens with one attached hydrogen (secondary N) is 1. The molecule has 3 rings (SSSR count). The van der Waals surface area contributed by atoms with E-state index in [1.165, 1.54) is 17.3 Å². The first kappa shape index (κ1) is 16.7. The molecule has 0 fully saturated rings. The number of benzene rings is 1. The molecule has 0 aliphatic carbocycles. The Bertz CT molecular complexity index is 818. The first-order valence-electron chi connectivity index (χ1n) is 7.47. The van der Waals surface area contributed by atoms with E-state index < -0.39 is 0 Å². The molecular weight excluding hydrogens is 342 g/mol.